The van der Waals surface area contributed by atoms with E-state index in [0.717, 1.165) is 0 Å². The maximum atomic E-state index is 12.8. The average molecular weight is 355 g/mol. The molecule has 0 unspecified atom stereocenters. The lowest BCUT2D eigenvalue weighted by atomic mass is 10.0. The minimum absolute atomic E-state index is 0.0995. The Morgan fingerprint density at radius 3 is 2.54 bits per heavy atom. The van der Waals surface area contributed by atoms with E-state index in [9.17, 15) is 9.59 Å². The number of carbonyl (C=O) groups excluding carboxylic acids is 2. The summed E-state index contributed by atoms with van der Waals surface area (Å²) in [7, 11) is 0. The van der Waals surface area contributed by atoms with Gasteiger partial charge in [-0.05, 0) is 30.2 Å². The van der Waals surface area contributed by atoms with Gasteiger partial charge in [-0.1, -0.05) is 19.9 Å². The highest BCUT2D eigenvalue weighted by Gasteiger charge is 2.27. The fourth-order valence-electron chi connectivity index (χ4n) is 2.66. The van der Waals surface area contributed by atoms with Crippen LogP contribution in [0.2, 0.25) is 0 Å². The molecule has 26 heavy (non-hydrogen) atoms. The molecule has 0 saturated carbocycles. The zero-order valence-electron chi connectivity index (χ0n) is 14.7. The first-order chi connectivity index (χ1) is 12.6. The van der Waals surface area contributed by atoms with E-state index in [1.807, 2.05) is 13.8 Å². The van der Waals surface area contributed by atoms with Crippen LogP contribution in [-0.4, -0.2) is 36.1 Å². The van der Waals surface area contributed by atoms with E-state index in [4.69, 9.17) is 9.47 Å². The van der Waals surface area contributed by atoms with E-state index in [-0.39, 0.29) is 17.7 Å². The molecule has 1 aromatic carbocycles. The van der Waals surface area contributed by atoms with Gasteiger partial charge in [-0.3, -0.25) is 14.6 Å². The molecular weight excluding hydrogens is 334 g/mol. The summed E-state index contributed by atoms with van der Waals surface area (Å²) < 4.78 is 11.1. The summed E-state index contributed by atoms with van der Waals surface area (Å²) in [6.45, 7) is 4.57. The molecule has 1 aliphatic heterocycles. The van der Waals surface area contributed by atoms with Crippen LogP contribution in [0, 0.1) is 5.92 Å². The number of anilines is 1. The number of ether oxygens (including phenoxy) is 2. The van der Waals surface area contributed by atoms with Crippen molar-refractivity contribution in [3.63, 3.8) is 0 Å². The summed E-state index contributed by atoms with van der Waals surface area (Å²) in [6.07, 6.45) is 3.18. The molecule has 2 N–H and O–H groups in total. The van der Waals surface area contributed by atoms with Gasteiger partial charge in [0.05, 0.1) is 5.56 Å². The molecule has 1 aromatic heterocycles. The fourth-order valence-corrected chi connectivity index (χ4v) is 2.66. The zero-order valence-corrected chi connectivity index (χ0v) is 14.7. The molecule has 136 valence electrons. The maximum Gasteiger partial charge on any atom is 0.255 e. The van der Waals surface area contributed by atoms with Gasteiger partial charge in [-0.2, -0.15) is 0 Å². The van der Waals surface area contributed by atoms with E-state index in [2.05, 4.69) is 15.6 Å². The van der Waals surface area contributed by atoms with E-state index in [0.29, 0.717) is 36.0 Å². The number of benzene rings is 1. The van der Waals surface area contributed by atoms with Gasteiger partial charge in [0.2, 0.25) is 5.91 Å². The third-order valence-electron chi connectivity index (χ3n) is 3.99. The van der Waals surface area contributed by atoms with Crippen molar-refractivity contribution in [2.75, 3.05) is 18.5 Å². The Hall–Kier alpha value is -3.09. The predicted octanol–water partition coefficient (Wildman–Crippen LogP) is 2.25. The van der Waals surface area contributed by atoms with Gasteiger partial charge in [0.1, 0.15) is 19.3 Å². The number of nitrogens with one attached hydrogen (secondary N) is 2. The lowest BCUT2D eigenvalue weighted by molar-refractivity contribution is -0.118. The number of aromatic nitrogens is 1. The van der Waals surface area contributed by atoms with Crippen LogP contribution in [0.15, 0.2) is 42.7 Å². The maximum absolute atomic E-state index is 12.8. The minimum Gasteiger partial charge on any atom is -0.486 e. The summed E-state index contributed by atoms with van der Waals surface area (Å²) >= 11 is 0. The number of hydrogen-bond acceptors (Lipinski definition) is 5. The molecule has 0 fully saturated rings. The van der Waals surface area contributed by atoms with Crippen molar-refractivity contribution in [3.05, 3.63) is 48.3 Å². The monoisotopic (exact) mass is 355 g/mol. The van der Waals surface area contributed by atoms with E-state index < -0.39 is 6.04 Å². The molecule has 2 heterocycles. The highest BCUT2D eigenvalue weighted by atomic mass is 16.6. The van der Waals surface area contributed by atoms with Crippen molar-refractivity contribution in [2.45, 2.75) is 19.9 Å². The second-order valence-corrected chi connectivity index (χ2v) is 6.25. The smallest absolute Gasteiger partial charge is 0.255 e. The minimum atomic E-state index is -0.698. The number of nitrogens with zero attached hydrogens (tertiary/aromatic N) is 1. The van der Waals surface area contributed by atoms with Crippen molar-refractivity contribution in [1.82, 2.24) is 10.3 Å². The van der Waals surface area contributed by atoms with Gasteiger partial charge >= 0.3 is 0 Å². The van der Waals surface area contributed by atoms with Gasteiger partial charge < -0.3 is 20.1 Å². The predicted molar refractivity (Wildman–Crippen MR) is 96.4 cm³/mol. The lowest BCUT2D eigenvalue weighted by Crippen LogP contribution is -2.47. The van der Waals surface area contributed by atoms with Gasteiger partial charge in [-0.25, -0.2) is 0 Å². The van der Waals surface area contributed by atoms with Crippen molar-refractivity contribution in [2.24, 2.45) is 5.92 Å². The Balaban J connectivity index is 1.76. The van der Waals surface area contributed by atoms with E-state index >= 15 is 0 Å². The summed E-state index contributed by atoms with van der Waals surface area (Å²) in [5.74, 6) is 0.175. The van der Waals surface area contributed by atoms with Crippen molar-refractivity contribution < 1.29 is 19.1 Å². The molecule has 1 atom stereocenters. The van der Waals surface area contributed by atoms with Crippen molar-refractivity contribution in [3.8, 4) is 11.5 Å². The summed E-state index contributed by atoms with van der Waals surface area (Å²) in [5, 5.41) is 5.59. The molecule has 0 radical (unpaired) electrons. The fraction of sp³-hybridized carbons (Fsp3) is 0.316. The van der Waals surface area contributed by atoms with Crippen LogP contribution in [0.4, 0.5) is 5.69 Å². The summed E-state index contributed by atoms with van der Waals surface area (Å²) in [5.41, 5.74) is 0.975. The number of hydrogen-bond donors (Lipinski definition) is 2. The summed E-state index contributed by atoms with van der Waals surface area (Å²) in [6, 6.07) is 7.81. The first kappa shape index (κ1) is 17.7. The normalized spacial score (nSPS) is 13.8. The standard InChI is InChI=1S/C19H21N3O4/c1-12(2)16(19(24)21-13-6-8-20-9-7-13)22-18(23)14-4-3-5-15-17(14)26-11-10-25-15/h3-9,12,16H,10-11H2,1-2H3,(H,22,23)(H,20,21,24)/t16-/m0/s1. The molecule has 1 aliphatic rings. The van der Waals surface area contributed by atoms with Crippen LogP contribution in [-0.2, 0) is 4.79 Å². The Morgan fingerprint density at radius 1 is 1.08 bits per heavy atom. The highest BCUT2D eigenvalue weighted by Crippen LogP contribution is 2.33. The number of pyridine rings is 1. The molecule has 2 aromatic rings. The van der Waals surface area contributed by atoms with Crippen molar-refractivity contribution >= 4 is 17.5 Å². The molecule has 0 bridgehead atoms. The van der Waals surface area contributed by atoms with Crippen LogP contribution >= 0.6 is 0 Å². The molecular formula is C19H21N3O4. The quantitative estimate of drug-likeness (QED) is 0.859. The molecule has 0 aliphatic carbocycles. The SMILES string of the molecule is CC(C)[C@H](NC(=O)c1cccc2c1OCCO2)C(=O)Nc1ccncc1. The van der Waals surface area contributed by atoms with Crippen LogP contribution in [0.3, 0.4) is 0 Å². The molecule has 3 rings (SSSR count). The summed E-state index contributed by atoms with van der Waals surface area (Å²) in [4.78, 5) is 29.3. The Kier molecular flexibility index (Phi) is 5.36. The third-order valence-corrected chi connectivity index (χ3v) is 3.99. The number of rotatable bonds is 5. The highest BCUT2D eigenvalue weighted by molar-refractivity contribution is 6.03. The first-order valence-electron chi connectivity index (χ1n) is 8.46. The number of fused-ring (bicyclic) bond motifs is 1. The average Bonchev–Trinajstić information content (AvgIpc) is 2.66. The van der Waals surface area contributed by atoms with Crippen LogP contribution in [0.1, 0.15) is 24.2 Å². The Labute approximate surface area is 151 Å². The topological polar surface area (TPSA) is 89.5 Å². The molecule has 7 nitrogen and oxygen atoms in total. The van der Waals surface area contributed by atoms with Gasteiger partial charge in [0, 0.05) is 18.1 Å². The zero-order chi connectivity index (χ0) is 18.5. The van der Waals surface area contributed by atoms with Gasteiger partial charge in [0.25, 0.3) is 5.91 Å². The lowest BCUT2D eigenvalue weighted by Gasteiger charge is -2.24. The second-order valence-electron chi connectivity index (χ2n) is 6.25. The molecule has 2 amide bonds. The molecule has 7 heteroatoms. The second kappa shape index (κ2) is 7.86. The molecule has 0 saturated heterocycles. The van der Waals surface area contributed by atoms with Crippen LogP contribution in [0.5, 0.6) is 11.5 Å². The molecule has 0 spiro atoms. The number of carbonyl (C=O) groups is 2. The van der Waals surface area contributed by atoms with Gasteiger partial charge in [-0.15, -0.1) is 0 Å². The first-order valence-corrected chi connectivity index (χ1v) is 8.46. The number of para-hydroxylation sites is 1. The number of amides is 2. The van der Waals surface area contributed by atoms with Crippen LogP contribution < -0.4 is 20.1 Å². The largest absolute Gasteiger partial charge is 0.486 e. The Morgan fingerprint density at radius 2 is 1.81 bits per heavy atom. The van der Waals surface area contributed by atoms with E-state index in [1.165, 1.54) is 0 Å². The van der Waals surface area contributed by atoms with E-state index in [1.54, 1.807) is 42.7 Å². The van der Waals surface area contributed by atoms with Crippen LogP contribution in [0.25, 0.3) is 0 Å². The Bertz CT molecular complexity index is 793. The third kappa shape index (κ3) is 3.93. The van der Waals surface area contributed by atoms with Crippen molar-refractivity contribution in [1.29, 1.82) is 0 Å². The van der Waals surface area contributed by atoms with Gasteiger partial charge in [0.15, 0.2) is 11.5 Å².